The van der Waals surface area contributed by atoms with Crippen LogP contribution in [-0.4, -0.2) is 11.9 Å². The zero-order valence-electron chi connectivity index (χ0n) is 18.1. The van der Waals surface area contributed by atoms with Crippen LogP contribution in [0.25, 0.3) is 0 Å². The highest BCUT2D eigenvalue weighted by molar-refractivity contribution is 9.11. The number of aryl methyl sites for hydroxylation is 1. The summed E-state index contributed by atoms with van der Waals surface area (Å²) < 4.78 is 0. The van der Waals surface area contributed by atoms with Crippen LogP contribution >= 0.6 is 15.9 Å². The van der Waals surface area contributed by atoms with E-state index in [4.69, 9.17) is 0 Å². The molecule has 4 rings (SSSR count). The van der Waals surface area contributed by atoms with Gasteiger partial charge < -0.3 is 4.90 Å². The minimum Gasteiger partial charge on any atom is -0.305 e. The molecule has 1 aliphatic heterocycles. The van der Waals surface area contributed by atoms with Crippen molar-refractivity contribution < 1.29 is 4.79 Å². The summed E-state index contributed by atoms with van der Waals surface area (Å²) in [6.07, 6.45) is 8.41. The molecule has 1 saturated heterocycles. The van der Waals surface area contributed by atoms with Crippen LogP contribution in [-0.2, 0) is 4.79 Å². The molecule has 3 aliphatic rings. The molecule has 2 nitrogen and oxygen atoms in total. The zero-order chi connectivity index (χ0) is 20.8. The second-order valence-electron chi connectivity index (χ2n) is 9.97. The van der Waals surface area contributed by atoms with Crippen LogP contribution in [0.4, 0.5) is 5.69 Å². The van der Waals surface area contributed by atoms with Crippen molar-refractivity contribution in [1.29, 1.82) is 0 Å². The van der Waals surface area contributed by atoms with Crippen molar-refractivity contribution in [2.24, 2.45) is 23.2 Å². The summed E-state index contributed by atoms with van der Waals surface area (Å²) in [7, 11) is 0. The molecular formula is C26H34BrNO. The summed E-state index contributed by atoms with van der Waals surface area (Å²) in [5.74, 6) is 2.19. The lowest BCUT2D eigenvalue weighted by molar-refractivity contribution is -0.114. The number of carbonyl (C=O) groups excluding carboxylic acids is 1. The lowest BCUT2D eigenvalue weighted by Crippen LogP contribution is -2.39. The van der Waals surface area contributed by atoms with Crippen LogP contribution < -0.4 is 4.90 Å². The maximum atomic E-state index is 12.9. The van der Waals surface area contributed by atoms with Gasteiger partial charge in [0.1, 0.15) is 0 Å². The number of hydrogen-bond acceptors (Lipinski definition) is 1. The van der Waals surface area contributed by atoms with E-state index in [1.807, 2.05) is 4.90 Å². The van der Waals surface area contributed by atoms with Gasteiger partial charge in [0, 0.05) is 17.3 Å². The van der Waals surface area contributed by atoms with Crippen molar-refractivity contribution >= 4 is 27.5 Å². The first kappa shape index (κ1) is 20.9. The third-order valence-corrected chi connectivity index (χ3v) is 8.78. The van der Waals surface area contributed by atoms with Crippen LogP contribution in [0.5, 0.6) is 0 Å². The Hall–Kier alpha value is -1.35. The topological polar surface area (TPSA) is 20.3 Å². The van der Waals surface area contributed by atoms with E-state index in [9.17, 15) is 4.79 Å². The molecule has 0 spiro atoms. The molecule has 3 fully saturated rings. The molecule has 0 bridgehead atoms. The molecule has 3 heteroatoms. The predicted octanol–water partition coefficient (Wildman–Crippen LogP) is 7.18. The Morgan fingerprint density at radius 1 is 1.31 bits per heavy atom. The van der Waals surface area contributed by atoms with E-state index in [0.29, 0.717) is 11.3 Å². The molecule has 1 heterocycles. The molecule has 0 radical (unpaired) electrons. The molecule has 0 N–H and O–H groups in total. The Labute approximate surface area is 184 Å². The molecule has 156 valence electrons. The Morgan fingerprint density at radius 2 is 2.03 bits per heavy atom. The molecule has 1 aromatic rings. The molecule has 29 heavy (non-hydrogen) atoms. The van der Waals surface area contributed by atoms with E-state index in [1.54, 1.807) is 5.57 Å². The molecule has 2 aliphatic carbocycles. The van der Waals surface area contributed by atoms with Gasteiger partial charge in [0.15, 0.2) is 0 Å². The summed E-state index contributed by atoms with van der Waals surface area (Å²) in [6.45, 7) is 11.1. The van der Waals surface area contributed by atoms with Crippen molar-refractivity contribution in [2.75, 3.05) is 4.90 Å². The number of anilines is 1. The predicted molar refractivity (Wildman–Crippen MR) is 125 cm³/mol. The summed E-state index contributed by atoms with van der Waals surface area (Å²) in [5.41, 5.74) is 5.04. The number of halogens is 1. The van der Waals surface area contributed by atoms with Crippen LogP contribution in [0.1, 0.15) is 64.4 Å². The van der Waals surface area contributed by atoms with Gasteiger partial charge in [0.2, 0.25) is 0 Å². The first-order valence-electron chi connectivity index (χ1n) is 11.2. The van der Waals surface area contributed by atoms with Crippen LogP contribution in [0.15, 0.2) is 47.0 Å². The van der Waals surface area contributed by atoms with Crippen LogP contribution in [0, 0.1) is 30.1 Å². The van der Waals surface area contributed by atoms with E-state index < -0.39 is 0 Å². The second kappa shape index (κ2) is 8.06. The minimum atomic E-state index is 0.115. The quantitative estimate of drug-likeness (QED) is 0.440. The molecule has 2 unspecified atom stereocenters. The lowest BCUT2D eigenvalue weighted by Gasteiger charge is -2.45. The van der Waals surface area contributed by atoms with Crippen molar-refractivity contribution in [3.05, 3.63) is 52.5 Å². The third kappa shape index (κ3) is 3.65. The van der Waals surface area contributed by atoms with Gasteiger partial charge in [-0.3, -0.25) is 4.79 Å². The van der Waals surface area contributed by atoms with E-state index in [1.165, 1.54) is 37.7 Å². The fourth-order valence-electron chi connectivity index (χ4n) is 6.76. The standard InChI is InChI=1S/C26H34BrNO/c1-17-7-9-21(10-8-17)28-22(15-19(3)25(28)29)14-18(2)23-11-12-24-20(16-27)6-5-13-26(23,24)4/h7-10,16,18,22-24H,3,5-6,11-15H2,1-2,4H3/b20-16+/t18-,22?,23-,24?,26-/m1/s1. The number of rotatable bonds is 4. The highest BCUT2D eigenvalue weighted by Crippen LogP contribution is 2.60. The first-order valence-corrected chi connectivity index (χ1v) is 12.1. The van der Waals surface area contributed by atoms with Gasteiger partial charge in [0.05, 0.1) is 0 Å². The molecule has 1 aromatic carbocycles. The lowest BCUT2D eigenvalue weighted by atomic mass is 9.61. The van der Waals surface area contributed by atoms with Gasteiger partial charge in [-0.15, -0.1) is 0 Å². The largest absolute Gasteiger partial charge is 0.305 e. The maximum absolute atomic E-state index is 12.9. The summed E-state index contributed by atoms with van der Waals surface area (Å²) in [4.78, 5) is 17.1. The van der Waals surface area contributed by atoms with Crippen LogP contribution in [0.2, 0.25) is 0 Å². The molecule has 5 atom stereocenters. The number of benzene rings is 1. The Morgan fingerprint density at radius 3 is 2.72 bits per heavy atom. The fraction of sp³-hybridized carbons (Fsp3) is 0.577. The second-order valence-corrected chi connectivity index (χ2v) is 10.4. The van der Waals surface area contributed by atoms with Gasteiger partial charge in [-0.2, -0.15) is 0 Å². The zero-order valence-corrected chi connectivity index (χ0v) is 19.7. The Kier molecular flexibility index (Phi) is 5.81. The van der Waals surface area contributed by atoms with Crippen molar-refractivity contribution in [2.45, 2.75) is 71.8 Å². The fourth-order valence-corrected chi connectivity index (χ4v) is 7.31. The number of hydrogen-bond donors (Lipinski definition) is 0. The van der Waals surface area contributed by atoms with Crippen molar-refractivity contribution in [3.63, 3.8) is 0 Å². The number of amides is 1. The highest BCUT2D eigenvalue weighted by atomic mass is 79.9. The van der Waals surface area contributed by atoms with Gasteiger partial charge >= 0.3 is 0 Å². The Balaban J connectivity index is 1.54. The monoisotopic (exact) mass is 455 g/mol. The number of fused-ring (bicyclic) bond motifs is 1. The first-order chi connectivity index (χ1) is 13.8. The van der Waals surface area contributed by atoms with Gasteiger partial charge in [-0.25, -0.2) is 0 Å². The van der Waals surface area contributed by atoms with E-state index in [0.717, 1.165) is 35.9 Å². The highest BCUT2D eigenvalue weighted by Gasteiger charge is 2.51. The summed E-state index contributed by atoms with van der Waals surface area (Å²) >= 11 is 3.64. The maximum Gasteiger partial charge on any atom is 0.253 e. The molecule has 0 aromatic heterocycles. The summed E-state index contributed by atoms with van der Waals surface area (Å²) in [6, 6.07) is 8.62. The molecule has 1 amide bonds. The molecular weight excluding hydrogens is 422 g/mol. The van der Waals surface area contributed by atoms with E-state index >= 15 is 0 Å². The normalized spacial score (nSPS) is 34.7. The van der Waals surface area contributed by atoms with E-state index in [-0.39, 0.29) is 11.9 Å². The van der Waals surface area contributed by atoms with Crippen molar-refractivity contribution in [1.82, 2.24) is 0 Å². The van der Waals surface area contributed by atoms with Crippen molar-refractivity contribution in [3.8, 4) is 0 Å². The average Bonchev–Trinajstić information content (AvgIpc) is 3.19. The SMILES string of the molecule is C=C1CC(C[C@@H](C)[C@H]2CCC3/C(=C/Br)CCC[C@@]32C)N(c2ccc(C)cc2)C1=O. The number of nitrogens with zero attached hydrogens (tertiary/aromatic N) is 1. The van der Waals surface area contributed by atoms with Gasteiger partial charge in [0.25, 0.3) is 5.91 Å². The molecule has 2 saturated carbocycles. The van der Waals surface area contributed by atoms with Crippen LogP contribution in [0.3, 0.4) is 0 Å². The minimum absolute atomic E-state index is 0.115. The summed E-state index contributed by atoms with van der Waals surface area (Å²) in [5, 5.41) is 0. The number of carbonyl (C=O) groups is 1. The van der Waals surface area contributed by atoms with E-state index in [2.05, 4.69) is 72.5 Å². The van der Waals surface area contributed by atoms with Gasteiger partial charge in [-0.1, -0.05) is 59.6 Å². The van der Waals surface area contributed by atoms with Gasteiger partial charge in [-0.05, 0) is 92.2 Å². The number of allylic oxidation sites excluding steroid dienone is 1. The third-order valence-electron chi connectivity index (χ3n) is 8.19. The smallest absolute Gasteiger partial charge is 0.253 e. The Bertz CT molecular complexity index is 826. The average molecular weight is 456 g/mol.